The molecule has 0 aliphatic heterocycles. The van der Waals surface area contributed by atoms with Crippen molar-refractivity contribution in [3.63, 3.8) is 0 Å². The molecule has 0 aromatic heterocycles. The second-order valence-corrected chi connectivity index (χ2v) is 5.33. The number of benzene rings is 1. The van der Waals surface area contributed by atoms with Crippen molar-refractivity contribution in [3.05, 3.63) is 38.8 Å². The summed E-state index contributed by atoms with van der Waals surface area (Å²) in [7, 11) is 0. The lowest BCUT2D eigenvalue weighted by atomic mass is 10.1. The van der Waals surface area contributed by atoms with Crippen molar-refractivity contribution < 1.29 is 13.2 Å². The highest BCUT2D eigenvalue weighted by Crippen LogP contribution is 2.29. The lowest BCUT2D eigenvalue weighted by Gasteiger charge is -2.05. The smallest absolute Gasteiger partial charge is 0.166 e. The highest BCUT2D eigenvalue weighted by atomic mass is 79.9. The van der Waals surface area contributed by atoms with Crippen molar-refractivity contribution >= 4 is 37.9 Å². The van der Waals surface area contributed by atoms with Crippen LogP contribution >= 0.6 is 31.9 Å². The molecule has 76 valence electrons. The number of halogens is 5. The molecule has 0 saturated carbocycles. The van der Waals surface area contributed by atoms with E-state index in [0.717, 1.165) is 12.1 Å². The van der Waals surface area contributed by atoms with E-state index in [1.807, 2.05) is 0 Å². The predicted octanol–water partition coefficient (Wildman–Crippen LogP) is 4.79. The van der Waals surface area contributed by atoms with Crippen LogP contribution in [0.15, 0.2) is 27.7 Å². The van der Waals surface area contributed by atoms with Gasteiger partial charge in [-0.25, -0.2) is 0 Å². The normalized spacial score (nSPS) is 11.2. The Morgan fingerprint density at radius 2 is 1.57 bits per heavy atom. The summed E-state index contributed by atoms with van der Waals surface area (Å²) in [5.74, 6) is 0. The molecule has 0 aliphatic rings. The van der Waals surface area contributed by atoms with Crippen LogP contribution in [0.25, 0.3) is 6.08 Å². The van der Waals surface area contributed by atoms with Crippen molar-refractivity contribution in [1.82, 2.24) is 0 Å². The molecule has 0 aliphatic carbocycles. The van der Waals surface area contributed by atoms with Gasteiger partial charge in [0.05, 0.1) is 8.96 Å². The third-order valence-corrected chi connectivity index (χ3v) is 1.97. The average Bonchev–Trinajstić information content (AvgIpc) is 2.02. The quantitative estimate of drug-likeness (QED) is 0.694. The van der Waals surface area contributed by atoms with E-state index >= 15 is 0 Å². The number of rotatable bonds is 1. The average molecular weight is 330 g/mol. The maximum atomic E-state index is 12.1. The van der Waals surface area contributed by atoms with E-state index in [2.05, 4.69) is 31.9 Å². The molecule has 0 radical (unpaired) electrons. The summed E-state index contributed by atoms with van der Waals surface area (Å²) in [6, 6.07) is 4.92. The molecule has 5 heteroatoms. The summed E-state index contributed by atoms with van der Waals surface area (Å²) in [5, 5.41) is 0. The third kappa shape index (κ3) is 3.46. The summed E-state index contributed by atoms with van der Waals surface area (Å²) in [6.45, 7) is 0. The van der Waals surface area contributed by atoms with E-state index in [4.69, 9.17) is 0 Å². The monoisotopic (exact) mass is 328 g/mol. The van der Waals surface area contributed by atoms with Crippen molar-refractivity contribution in [2.24, 2.45) is 0 Å². The lowest BCUT2D eigenvalue weighted by Crippen LogP contribution is -2.03. The summed E-state index contributed by atoms with van der Waals surface area (Å²) >= 11 is 6.25. The zero-order chi connectivity index (χ0) is 10.8. The highest BCUT2D eigenvalue weighted by molar-refractivity contribution is 9.28. The molecular weight excluding hydrogens is 325 g/mol. The number of hydrogen-bond acceptors (Lipinski definition) is 0. The molecule has 0 N–H and O–H groups in total. The molecule has 0 bridgehead atoms. The molecule has 1 rings (SSSR count). The Labute approximate surface area is 96.1 Å². The fraction of sp³-hybridized carbons (Fsp3) is 0.111. The number of hydrogen-bond donors (Lipinski definition) is 0. The van der Waals surface area contributed by atoms with Crippen LogP contribution in [0.1, 0.15) is 11.1 Å². The summed E-state index contributed by atoms with van der Waals surface area (Å²) in [5.41, 5.74) is 0.0575. The Balaban J connectivity index is 2.95. The first kappa shape index (κ1) is 11.8. The van der Waals surface area contributed by atoms with Crippen molar-refractivity contribution in [2.75, 3.05) is 0 Å². The minimum absolute atomic E-state index is 0.639. The van der Waals surface area contributed by atoms with Crippen LogP contribution in [0, 0.1) is 0 Å². The fourth-order valence-electron chi connectivity index (χ4n) is 0.894. The van der Waals surface area contributed by atoms with Crippen LogP contribution < -0.4 is 0 Å². The third-order valence-electron chi connectivity index (χ3n) is 1.51. The van der Waals surface area contributed by atoms with Crippen LogP contribution in [0.3, 0.4) is 0 Å². The van der Waals surface area contributed by atoms with Crippen LogP contribution in [0.4, 0.5) is 13.2 Å². The zero-order valence-electron chi connectivity index (χ0n) is 6.78. The maximum Gasteiger partial charge on any atom is 0.416 e. The van der Waals surface area contributed by atoms with Gasteiger partial charge >= 0.3 is 6.18 Å². The van der Waals surface area contributed by atoms with Gasteiger partial charge in [-0.3, -0.25) is 0 Å². The predicted molar refractivity (Wildman–Crippen MR) is 57.3 cm³/mol. The summed E-state index contributed by atoms with van der Waals surface area (Å²) in [6.07, 6.45) is -2.60. The SMILES string of the molecule is FC(F)(F)c1ccc(C=C(Br)Br)cc1. The first-order valence-corrected chi connectivity index (χ1v) is 5.18. The second kappa shape index (κ2) is 4.49. The van der Waals surface area contributed by atoms with Crippen LogP contribution in [0.2, 0.25) is 0 Å². The Hall–Kier alpha value is -0.290. The van der Waals surface area contributed by atoms with E-state index in [0.29, 0.717) is 8.96 Å². The molecular formula is C9H5Br2F3. The van der Waals surface area contributed by atoms with Gasteiger partial charge in [0.15, 0.2) is 0 Å². The molecule has 0 nitrogen and oxygen atoms in total. The summed E-state index contributed by atoms with van der Waals surface area (Å²) in [4.78, 5) is 0. The van der Waals surface area contributed by atoms with E-state index in [-0.39, 0.29) is 0 Å². The van der Waals surface area contributed by atoms with E-state index in [1.165, 1.54) is 12.1 Å². The van der Waals surface area contributed by atoms with E-state index < -0.39 is 11.7 Å². The van der Waals surface area contributed by atoms with Gasteiger partial charge in [-0.05, 0) is 55.6 Å². The van der Waals surface area contributed by atoms with Gasteiger partial charge in [-0.2, -0.15) is 13.2 Å². The highest BCUT2D eigenvalue weighted by Gasteiger charge is 2.29. The zero-order valence-corrected chi connectivity index (χ0v) is 9.95. The molecule has 1 aromatic rings. The molecule has 0 heterocycles. The molecule has 0 spiro atoms. The Morgan fingerprint density at radius 3 is 1.93 bits per heavy atom. The van der Waals surface area contributed by atoms with Gasteiger partial charge in [0.2, 0.25) is 0 Å². The molecule has 14 heavy (non-hydrogen) atoms. The standard InChI is InChI=1S/C9H5Br2F3/c10-8(11)5-6-1-3-7(4-2-6)9(12,13)14/h1-5H. The van der Waals surface area contributed by atoms with Gasteiger partial charge in [0.25, 0.3) is 0 Å². The van der Waals surface area contributed by atoms with Crippen molar-refractivity contribution in [2.45, 2.75) is 6.18 Å². The van der Waals surface area contributed by atoms with Crippen LogP contribution in [-0.4, -0.2) is 0 Å². The van der Waals surface area contributed by atoms with Crippen molar-refractivity contribution in [3.8, 4) is 0 Å². The first-order chi connectivity index (χ1) is 6.39. The minimum atomic E-state index is -4.27. The van der Waals surface area contributed by atoms with Gasteiger partial charge in [0, 0.05) is 0 Å². The van der Waals surface area contributed by atoms with Gasteiger partial charge in [-0.1, -0.05) is 12.1 Å². The first-order valence-electron chi connectivity index (χ1n) is 3.59. The number of alkyl halides is 3. The van der Waals surface area contributed by atoms with E-state index in [1.54, 1.807) is 6.08 Å². The Bertz CT molecular complexity index is 334. The molecule has 0 amide bonds. The molecule has 0 atom stereocenters. The lowest BCUT2D eigenvalue weighted by molar-refractivity contribution is -0.137. The second-order valence-electron chi connectivity index (χ2n) is 2.55. The van der Waals surface area contributed by atoms with Gasteiger partial charge in [0.1, 0.15) is 0 Å². The molecule has 0 fully saturated rings. The summed E-state index contributed by atoms with van der Waals surface area (Å²) < 4.78 is 37.1. The Morgan fingerprint density at radius 1 is 1.07 bits per heavy atom. The van der Waals surface area contributed by atoms with E-state index in [9.17, 15) is 13.2 Å². The minimum Gasteiger partial charge on any atom is -0.166 e. The maximum absolute atomic E-state index is 12.1. The molecule has 1 aromatic carbocycles. The van der Waals surface area contributed by atoms with Crippen LogP contribution in [-0.2, 0) is 6.18 Å². The van der Waals surface area contributed by atoms with Gasteiger partial charge in [-0.15, -0.1) is 0 Å². The molecule has 0 saturated heterocycles. The van der Waals surface area contributed by atoms with Gasteiger partial charge < -0.3 is 0 Å². The molecule has 0 unspecified atom stereocenters. The Kier molecular flexibility index (Phi) is 3.78. The largest absolute Gasteiger partial charge is 0.416 e. The fourth-order valence-corrected chi connectivity index (χ4v) is 1.42. The van der Waals surface area contributed by atoms with Crippen LogP contribution in [0.5, 0.6) is 0 Å². The van der Waals surface area contributed by atoms with Crippen molar-refractivity contribution in [1.29, 1.82) is 0 Å². The topological polar surface area (TPSA) is 0 Å².